The predicted molar refractivity (Wildman–Crippen MR) is 70.5 cm³/mol. The van der Waals surface area contributed by atoms with E-state index < -0.39 is 0 Å². The molecule has 1 fully saturated rings. The minimum Gasteiger partial charge on any atom is -0.489 e. The van der Waals surface area contributed by atoms with Crippen LogP contribution in [0.2, 0.25) is 5.02 Å². The van der Waals surface area contributed by atoms with Crippen molar-refractivity contribution in [2.24, 2.45) is 0 Å². The first kappa shape index (κ1) is 11.1. The fourth-order valence-electron chi connectivity index (χ4n) is 2.18. The van der Waals surface area contributed by atoms with Gasteiger partial charge >= 0.3 is 0 Å². The van der Waals surface area contributed by atoms with E-state index in [2.05, 4.69) is 9.97 Å². The van der Waals surface area contributed by atoms with Crippen LogP contribution in [0.1, 0.15) is 18.4 Å². The van der Waals surface area contributed by atoms with Gasteiger partial charge in [-0.3, -0.25) is 0 Å². The van der Waals surface area contributed by atoms with Gasteiger partial charge in [-0.1, -0.05) is 11.6 Å². The van der Waals surface area contributed by atoms with Gasteiger partial charge in [-0.05, 0) is 25.0 Å². The van der Waals surface area contributed by atoms with Gasteiger partial charge in [0.1, 0.15) is 23.7 Å². The average molecular weight is 275 g/mol. The van der Waals surface area contributed by atoms with Crippen molar-refractivity contribution in [1.82, 2.24) is 9.97 Å². The summed E-state index contributed by atoms with van der Waals surface area (Å²) in [5.41, 5.74) is 2.76. The Morgan fingerprint density at radius 1 is 1.32 bits per heavy atom. The van der Waals surface area contributed by atoms with Gasteiger partial charge in [0, 0.05) is 17.3 Å². The van der Waals surface area contributed by atoms with Gasteiger partial charge in [-0.15, -0.1) is 0 Å². The Bertz CT molecular complexity index is 656. The maximum atomic E-state index is 6.37. The van der Waals surface area contributed by atoms with Crippen LogP contribution < -0.4 is 9.47 Å². The molecule has 0 radical (unpaired) electrons. The highest BCUT2D eigenvalue weighted by molar-refractivity contribution is 6.34. The van der Waals surface area contributed by atoms with Crippen LogP contribution in [0, 0.1) is 0 Å². The van der Waals surface area contributed by atoms with Crippen molar-refractivity contribution in [3.8, 4) is 22.8 Å². The number of hydrogen-bond acceptors (Lipinski definition) is 4. The maximum Gasteiger partial charge on any atom is 0.151 e. The molecular weight excluding hydrogens is 264 g/mol. The van der Waals surface area contributed by atoms with Crippen LogP contribution in [-0.4, -0.2) is 16.1 Å². The van der Waals surface area contributed by atoms with Crippen molar-refractivity contribution in [2.45, 2.75) is 25.6 Å². The Morgan fingerprint density at radius 3 is 3.05 bits per heavy atom. The summed E-state index contributed by atoms with van der Waals surface area (Å²) in [4.78, 5) is 8.32. The molecule has 4 rings (SSSR count). The van der Waals surface area contributed by atoms with Gasteiger partial charge in [0.15, 0.2) is 5.75 Å². The summed E-state index contributed by atoms with van der Waals surface area (Å²) < 4.78 is 11.5. The third-order valence-electron chi connectivity index (χ3n) is 3.29. The molecule has 0 bridgehead atoms. The molecular formula is C14H11ClN2O2. The molecule has 1 saturated carbocycles. The number of fused-ring (bicyclic) bond motifs is 3. The standard InChI is InChI=1S/C14H11ClN2O2/c15-12-11(19-9-1-2-9)4-3-10-13-8(5-16-7-17-13)6-18-14(10)12/h3-5,7,9H,1-2,6H2. The number of ether oxygens (including phenoxy) is 2. The number of benzene rings is 1. The lowest BCUT2D eigenvalue weighted by Crippen LogP contribution is -2.08. The van der Waals surface area contributed by atoms with Crippen LogP contribution in [0.4, 0.5) is 0 Å². The molecule has 0 saturated heterocycles. The SMILES string of the molecule is Clc1c(OC2CC2)ccc2c1OCc1cncnc1-2. The second-order valence-corrected chi connectivity index (χ2v) is 5.13. The molecule has 1 aromatic heterocycles. The van der Waals surface area contributed by atoms with E-state index in [0.717, 1.165) is 29.7 Å². The van der Waals surface area contributed by atoms with E-state index in [4.69, 9.17) is 21.1 Å². The third-order valence-corrected chi connectivity index (χ3v) is 3.65. The molecule has 0 unspecified atom stereocenters. The zero-order chi connectivity index (χ0) is 12.8. The minimum atomic E-state index is 0.314. The molecule has 4 nitrogen and oxygen atoms in total. The van der Waals surface area contributed by atoms with E-state index in [1.807, 2.05) is 12.1 Å². The molecule has 2 heterocycles. The molecule has 0 atom stereocenters. The first-order valence-electron chi connectivity index (χ1n) is 6.24. The van der Waals surface area contributed by atoms with Gasteiger partial charge in [-0.25, -0.2) is 9.97 Å². The molecule has 2 aliphatic rings. The Labute approximate surface area is 115 Å². The van der Waals surface area contributed by atoms with Crippen molar-refractivity contribution in [1.29, 1.82) is 0 Å². The van der Waals surface area contributed by atoms with Crippen molar-refractivity contribution in [3.63, 3.8) is 0 Å². The van der Waals surface area contributed by atoms with E-state index in [1.54, 1.807) is 6.20 Å². The third kappa shape index (κ3) is 1.83. The zero-order valence-electron chi connectivity index (χ0n) is 10.1. The van der Waals surface area contributed by atoms with E-state index in [0.29, 0.717) is 29.2 Å². The van der Waals surface area contributed by atoms with Crippen molar-refractivity contribution in [3.05, 3.63) is 35.2 Å². The highest BCUT2D eigenvalue weighted by atomic mass is 35.5. The molecule has 5 heteroatoms. The number of rotatable bonds is 2. The van der Waals surface area contributed by atoms with Crippen LogP contribution in [-0.2, 0) is 6.61 Å². The Hall–Kier alpha value is -1.81. The van der Waals surface area contributed by atoms with Gasteiger partial charge in [-0.2, -0.15) is 0 Å². The molecule has 1 aromatic carbocycles. The van der Waals surface area contributed by atoms with Crippen LogP contribution in [0.25, 0.3) is 11.3 Å². The highest BCUT2D eigenvalue weighted by Crippen LogP contribution is 2.46. The minimum absolute atomic E-state index is 0.314. The largest absolute Gasteiger partial charge is 0.489 e. The second kappa shape index (κ2) is 4.10. The summed E-state index contributed by atoms with van der Waals surface area (Å²) >= 11 is 6.37. The molecule has 1 aliphatic heterocycles. The topological polar surface area (TPSA) is 44.2 Å². The van der Waals surface area contributed by atoms with E-state index in [1.165, 1.54) is 6.33 Å². The van der Waals surface area contributed by atoms with Crippen LogP contribution in [0.15, 0.2) is 24.7 Å². The fraction of sp³-hybridized carbons (Fsp3) is 0.286. The quantitative estimate of drug-likeness (QED) is 0.843. The summed E-state index contributed by atoms with van der Waals surface area (Å²) in [5.74, 6) is 1.35. The summed E-state index contributed by atoms with van der Waals surface area (Å²) in [6.45, 7) is 0.440. The summed E-state index contributed by atoms with van der Waals surface area (Å²) in [5, 5.41) is 0.536. The fourth-order valence-corrected chi connectivity index (χ4v) is 2.44. The number of nitrogens with zero attached hydrogens (tertiary/aromatic N) is 2. The van der Waals surface area contributed by atoms with Crippen LogP contribution >= 0.6 is 11.6 Å². The van der Waals surface area contributed by atoms with Crippen LogP contribution in [0.3, 0.4) is 0 Å². The lowest BCUT2D eigenvalue weighted by Gasteiger charge is -2.21. The highest BCUT2D eigenvalue weighted by Gasteiger charge is 2.28. The number of aromatic nitrogens is 2. The molecule has 0 amide bonds. The summed E-state index contributed by atoms with van der Waals surface area (Å²) in [7, 11) is 0. The number of halogens is 1. The second-order valence-electron chi connectivity index (χ2n) is 4.76. The van der Waals surface area contributed by atoms with E-state index in [9.17, 15) is 0 Å². The van der Waals surface area contributed by atoms with Crippen molar-refractivity contribution >= 4 is 11.6 Å². The Balaban J connectivity index is 1.82. The van der Waals surface area contributed by atoms with Gasteiger partial charge in [0.2, 0.25) is 0 Å². The lowest BCUT2D eigenvalue weighted by molar-refractivity contribution is 0.286. The predicted octanol–water partition coefficient (Wildman–Crippen LogP) is 3.23. The van der Waals surface area contributed by atoms with Gasteiger partial charge in [0.05, 0.1) is 11.8 Å². The normalized spacial score (nSPS) is 16.3. The molecule has 19 heavy (non-hydrogen) atoms. The lowest BCUT2D eigenvalue weighted by atomic mass is 10.0. The summed E-state index contributed by atoms with van der Waals surface area (Å²) in [6, 6.07) is 3.84. The number of hydrogen-bond donors (Lipinski definition) is 0. The smallest absolute Gasteiger partial charge is 0.151 e. The van der Waals surface area contributed by atoms with Crippen LogP contribution in [0.5, 0.6) is 11.5 Å². The van der Waals surface area contributed by atoms with E-state index >= 15 is 0 Å². The molecule has 0 N–H and O–H groups in total. The monoisotopic (exact) mass is 274 g/mol. The molecule has 1 aliphatic carbocycles. The zero-order valence-corrected chi connectivity index (χ0v) is 10.9. The molecule has 0 spiro atoms. The Kier molecular flexibility index (Phi) is 2.38. The molecule has 96 valence electrons. The first-order chi connectivity index (χ1) is 9.33. The maximum absolute atomic E-state index is 6.37. The molecule has 2 aromatic rings. The van der Waals surface area contributed by atoms with Gasteiger partial charge in [0.25, 0.3) is 0 Å². The first-order valence-corrected chi connectivity index (χ1v) is 6.62. The van der Waals surface area contributed by atoms with Crippen molar-refractivity contribution < 1.29 is 9.47 Å². The Morgan fingerprint density at radius 2 is 2.21 bits per heavy atom. The summed E-state index contributed by atoms with van der Waals surface area (Å²) in [6.07, 6.45) is 5.83. The van der Waals surface area contributed by atoms with Gasteiger partial charge < -0.3 is 9.47 Å². The average Bonchev–Trinajstić information content (AvgIpc) is 3.25. The van der Waals surface area contributed by atoms with E-state index in [-0.39, 0.29) is 0 Å². The van der Waals surface area contributed by atoms with Crippen molar-refractivity contribution in [2.75, 3.05) is 0 Å².